The van der Waals surface area contributed by atoms with Crippen molar-refractivity contribution in [2.75, 3.05) is 19.7 Å². The number of carbonyl (C=O) groups excluding carboxylic acids is 1. The van der Waals surface area contributed by atoms with Gasteiger partial charge in [0.1, 0.15) is 5.75 Å². The van der Waals surface area contributed by atoms with Crippen LogP contribution in [0.25, 0.3) is 0 Å². The number of amides is 1. The smallest absolute Gasteiger partial charge is 0.227 e. The number of rotatable bonds is 7. The quantitative estimate of drug-likeness (QED) is 0.788. The number of piperidine rings is 1. The minimum atomic E-state index is 0.241. The molecule has 27 heavy (non-hydrogen) atoms. The molecule has 1 spiro atoms. The molecule has 0 radical (unpaired) electrons. The first-order valence-corrected chi connectivity index (χ1v) is 10.9. The molecule has 1 saturated heterocycles. The molecular weight excluding hydrogens is 356 g/mol. The number of carbonyl (C=O) groups is 1. The van der Waals surface area contributed by atoms with Crippen LogP contribution >= 0.6 is 11.3 Å². The van der Waals surface area contributed by atoms with Crippen LogP contribution in [0.1, 0.15) is 37.3 Å². The minimum Gasteiger partial charge on any atom is -0.494 e. The van der Waals surface area contributed by atoms with Crippen LogP contribution in [0.5, 0.6) is 5.75 Å². The van der Waals surface area contributed by atoms with Gasteiger partial charge in [-0.1, -0.05) is 12.1 Å². The van der Waals surface area contributed by atoms with Gasteiger partial charge in [0.05, 0.1) is 13.0 Å². The molecular formula is C22H28N2O2S. The SMILES string of the molecule is CCOc1ccc(CC(=O)N(Cc2ccsc2)C2CC23CCNCC3)cc1. The van der Waals surface area contributed by atoms with Crippen molar-refractivity contribution < 1.29 is 9.53 Å². The van der Waals surface area contributed by atoms with Crippen molar-refractivity contribution in [3.05, 3.63) is 52.2 Å². The van der Waals surface area contributed by atoms with Gasteiger partial charge in [0.2, 0.25) is 5.91 Å². The van der Waals surface area contributed by atoms with Crippen LogP contribution in [0.3, 0.4) is 0 Å². The van der Waals surface area contributed by atoms with Crippen LogP contribution in [0.15, 0.2) is 41.1 Å². The summed E-state index contributed by atoms with van der Waals surface area (Å²) in [4.78, 5) is 15.4. The fourth-order valence-corrected chi connectivity index (χ4v) is 4.99. The Hall–Kier alpha value is -1.85. The largest absolute Gasteiger partial charge is 0.494 e. The van der Waals surface area contributed by atoms with Crippen LogP contribution in [0.2, 0.25) is 0 Å². The molecule has 1 aromatic carbocycles. The van der Waals surface area contributed by atoms with Crippen molar-refractivity contribution in [1.29, 1.82) is 0 Å². The molecule has 144 valence electrons. The van der Waals surface area contributed by atoms with E-state index in [1.54, 1.807) is 11.3 Å². The highest BCUT2D eigenvalue weighted by molar-refractivity contribution is 7.07. The molecule has 1 atom stereocenters. The number of hydrogen-bond acceptors (Lipinski definition) is 4. The Morgan fingerprint density at radius 3 is 2.67 bits per heavy atom. The number of hydrogen-bond donors (Lipinski definition) is 1. The Labute approximate surface area is 165 Å². The van der Waals surface area contributed by atoms with Crippen molar-refractivity contribution >= 4 is 17.2 Å². The van der Waals surface area contributed by atoms with E-state index in [-0.39, 0.29) is 5.91 Å². The Morgan fingerprint density at radius 1 is 1.22 bits per heavy atom. The Balaban J connectivity index is 1.47. The zero-order valence-corrected chi connectivity index (χ0v) is 16.8. The van der Waals surface area contributed by atoms with Crippen LogP contribution in [-0.2, 0) is 17.8 Å². The molecule has 1 amide bonds. The van der Waals surface area contributed by atoms with Gasteiger partial charge in [0.25, 0.3) is 0 Å². The summed E-state index contributed by atoms with van der Waals surface area (Å²) < 4.78 is 5.51. The van der Waals surface area contributed by atoms with Gasteiger partial charge in [-0.2, -0.15) is 11.3 Å². The second-order valence-electron chi connectivity index (χ2n) is 7.74. The third kappa shape index (κ3) is 4.19. The predicted molar refractivity (Wildman–Crippen MR) is 109 cm³/mol. The second-order valence-corrected chi connectivity index (χ2v) is 8.52. The average Bonchev–Trinajstić information content (AvgIpc) is 3.11. The van der Waals surface area contributed by atoms with Gasteiger partial charge in [-0.3, -0.25) is 4.79 Å². The molecule has 4 nitrogen and oxygen atoms in total. The summed E-state index contributed by atoms with van der Waals surface area (Å²) in [5.74, 6) is 1.10. The van der Waals surface area contributed by atoms with E-state index < -0.39 is 0 Å². The van der Waals surface area contributed by atoms with Crippen molar-refractivity contribution in [3.63, 3.8) is 0 Å². The van der Waals surface area contributed by atoms with E-state index in [0.29, 0.717) is 24.5 Å². The van der Waals surface area contributed by atoms with E-state index in [4.69, 9.17) is 4.74 Å². The van der Waals surface area contributed by atoms with Gasteiger partial charge in [0.15, 0.2) is 0 Å². The zero-order chi connectivity index (χ0) is 18.7. The number of ether oxygens (including phenoxy) is 1. The molecule has 1 aliphatic heterocycles. The molecule has 2 fully saturated rings. The lowest BCUT2D eigenvalue weighted by molar-refractivity contribution is -0.132. The van der Waals surface area contributed by atoms with Crippen molar-refractivity contribution in [2.24, 2.45) is 5.41 Å². The van der Waals surface area contributed by atoms with Crippen LogP contribution in [-0.4, -0.2) is 36.5 Å². The molecule has 5 heteroatoms. The molecule has 1 saturated carbocycles. The molecule has 1 N–H and O–H groups in total. The normalized spacial score (nSPS) is 20.4. The summed E-state index contributed by atoms with van der Waals surface area (Å²) in [6, 6.07) is 10.5. The third-order valence-corrected chi connectivity index (χ3v) is 6.70. The molecule has 0 bridgehead atoms. The monoisotopic (exact) mass is 384 g/mol. The maximum atomic E-state index is 13.2. The summed E-state index contributed by atoms with van der Waals surface area (Å²) in [6.07, 6.45) is 4.00. The Morgan fingerprint density at radius 2 is 2.00 bits per heavy atom. The molecule has 4 rings (SSSR count). The highest BCUT2D eigenvalue weighted by Gasteiger charge is 2.57. The van der Waals surface area contributed by atoms with Gasteiger partial charge >= 0.3 is 0 Å². The van der Waals surface area contributed by atoms with Gasteiger partial charge in [-0.15, -0.1) is 0 Å². The highest BCUT2D eigenvalue weighted by atomic mass is 32.1. The van der Waals surface area contributed by atoms with E-state index in [0.717, 1.165) is 37.4 Å². The summed E-state index contributed by atoms with van der Waals surface area (Å²) in [5, 5.41) is 7.71. The number of thiophene rings is 1. The molecule has 2 heterocycles. The molecule has 1 aliphatic carbocycles. The van der Waals surface area contributed by atoms with E-state index in [1.165, 1.54) is 18.4 Å². The van der Waals surface area contributed by atoms with Gasteiger partial charge in [-0.25, -0.2) is 0 Å². The second kappa shape index (κ2) is 8.03. The lowest BCUT2D eigenvalue weighted by Gasteiger charge is -2.29. The van der Waals surface area contributed by atoms with Crippen LogP contribution in [0.4, 0.5) is 0 Å². The maximum Gasteiger partial charge on any atom is 0.227 e. The zero-order valence-electron chi connectivity index (χ0n) is 15.9. The summed E-state index contributed by atoms with van der Waals surface area (Å²) in [7, 11) is 0. The highest BCUT2D eigenvalue weighted by Crippen LogP contribution is 2.56. The van der Waals surface area contributed by atoms with Gasteiger partial charge in [-0.05, 0) is 84.8 Å². The Bertz CT molecular complexity index is 751. The fourth-order valence-electron chi connectivity index (χ4n) is 4.33. The standard InChI is InChI=1S/C22H28N2O2S/c1-2-26-19-5-3-17(4-6-19)13-21(25)24(15-18-7-12-27-16-18)20-14-22(20)8-10-23-11-9-22/h3-7,12,16,20,23H,2,8-11,13-15H2,1H3. The molecule has 2 aliphatic rings. The molecule has 1 aromatic heterocycles. The summed E-state index contributed by atoms with van der Waals surface area (Å²) in [6.45, 7) is 5.53. The lowest BCUT2D eigenvalue weighted by Crippen LogP contribution is -2.39. The summed E-state index contributed by atoms with van der Waals surface area (Å²) in [5.41, 5.74) is 2.66. The van der Waals surface area contributed by atoms with Crippen LogP contribution < -0.4 is 10.1 Å². The first-order chi connectivity index (χ1) is 13.2. The Kier molecular flexibility index (Phi) is 5.50. The fraction of sp³-hybridized carbons (Fsp3) is 0.500. The van der Waals surface area contributed by atoms with Crippen LogP contribution in [0, 0.1) is 5.41 Å². The van der Waals surface area contributed by atoms with E-state index in [2.05, 4.69) is 27.0 Å². The van der Waals surface area contributed by atoms with E-state index in [1.807, 2.05) is 31.2 Å². The number of nitrogens with one attached hydrogen (secondary N) is 1. The van der Waals surface area contributed by atoms with Crippen molar-refractivity contribution in [2.45, 2.75) is 45.2 Å². The maximum absolute atomic E-state index is 13.2. The topological polar surface area (TPSA) is 41.6 Å². The summed E-state index contributed by atoms with van der Waals surface area (Å²) >= 11 is 1.70. The first-order valence-electron chi connectivity index (χ1n) is 9.93. The van der Waals surface area contributed by atoms with Gasteiger partial charge < -0.3 is 15.0 Å². The van der Waals surface area contributed by atoms with Gasteiger partial charge in [0, 0.05) is 12.6 Å². The number of benzene rings is 1. The van der Waals surface area contributed by atoms with Crippen molar-refractivity contribution in [3.8, 4) is 5.75 Å². The predicted octanol–water partition coefficient (Wildman–Crippen LogP) is 3.86. The lowest BCUT2D eigenvalue weighted by atomic mass is 9.93. The first kappa shape index (κ1) is 18.5. The van der Waals surface area contributed by atoms with E-state index in [9.17, 15) is 4.79 Å². The average molecular weight is 385 g/mol. The van der Waals surface area contributed by atoms with E-state index >= 15 is 0 Å². The molecule has 2 aromatic rings. The minimum absolute atomic E-state index is 0.241. The third-order valence-electron chi connectivity index (χ3n) is 5.97. The molecule has 1 unspecified atom stereocenters. The number of nitrogens with zero attached hydrogens (tertiary/aromatic N) is 1. The van der Waals surface area contributed by atoms with Crippen molar-refractivity contribution in [1.82, 2.24) is 10.2 Å².